The molecule has 0 bridgehead atoms. The molecule has 2 aromatic rings. The molecule has 0 spiro atoms. The Bertz CT molecular complexity index is 706. The van der Waals surface area contributed by atoms with E-state index in [1.807, 2.05) is 27.7 Å². The van der Waals surface area contributed by atoms with E-state index < -0.39 is 0 Å². The topological polar surface area (TPSA) is 6.48 Å². The van der Waals surface area contributed by atoms with E-state index in [0.29, 0.717) is 12.1 Å². The Morgan fingerprint density at radius 3 is 1.59 bits per heavy atom. The van der Waals surface area contributed by atoms with Crippen LogP contribution in [0.3, 0.4) is 0 Å². The van der Waals surface area contributed by atoms with Gasteiger partial charge in [-0.3, -0.25) is 4.90 Å². The minimum absolute atomic E-state index is 0.588. The highest BCUT2D eigenvalue weighted by molar-refractivity contribution is 5.55. The van der Waals surface area contributed by atoms with Crippen molar-refractivity contribution in [3.63, 3.8) is 0 Å². The second-order valence-corrected chi connectivity index (χ2v) is 7.55. The van der Waals surface area contributed by atoms with E-state index >= 15 is 0 Å². The summed E-state index contributed by atoms with van der Waals surface area (Å²) in [6.07, 6.45) is 4.38. The van der Waals surface area contributed by atoms with E-state index in [9.17, 15) is 0 Å². The first-order valence-corrected chi connectivity index (χ1v) is 11.4. The maximum atomic E-state index is 2.49. The predicted octanol–water partition coefficient (Wildman–Crippen LogP) is 7.34. The first-order chi connectivity index (χ1) is 14.0. The summed E-state index contributed by atoms with van der Waals surface area (Å²) in [5.74, 6) is 0. The van der Waals surface area contributed by atoms with Gasteiger partial charge in [0.2, 0.25) is 0 Å². The minimum Gasteiger partial charge on any atom is -0.371 e. The summed E-state index contributed by atoms with van der Waals surface area (Å²) in [6, 6.07) is 18.5. The van der Waals surface area contributed by atoms with Crippen LogP contribution < -0.4 is 0 Å². The van der Waals surface area contributed by atoms with Gasteiger partial charge in [0.05, 0.1) is 0 Å². The van der Waals surface area contributed by atoms with E-state index in [1.54, 1.807) is 0 Å². The van der Waals surface area contributed by atoms with Gasteiger partial charge in [0, 0.05) is 37.9 Å². The predicted molar refractivity (Wildman–Crippen MR) is 130 cm³/mol. The van der Waals surface area contributed by atoms with Crippen molar-refractivity contribution in [3.05, 3.63) is 77.0 Å². The Morgan fingerprint density at radius 2 is 1.10 bits per heavy atom. The maximum absolute atomic E-state index is 2.49. The van der Waals surface area contributed by atoms with Crippen molar-refractivity contribution in [1.82, 2.24) is 9.80 Å². The zero-order valence-corrected chi connectivity index (χ0v) is 19.9. The molecule has 4 rings (SSSR count). The molecule has 0 saturated heterocycles. The minimum atomic E-state index is 0.588. The van der Waals surface area contributed by atoms with Crippen LogP contribution in [-0.4, -0.2) is 21.9 Å². The second-order valence-electron chi connectivity index (χ2n) is 7.55. The Kier molecular flexibility index (Phi) is 11.4. The molecule has 0 saturated carbocycles. The lowest BCUT2D eigenvalue weighted by molar-refractivity contribution is 0.227. The number of rotatable bonds is 2. The lowest BCUT2D eigenvalue weighted by atomic mass is 10.0. The van der Waals surface area contributed by atoms with Gasteiger partial charge in [0.15, 0.2) is 0 Å². The summed E-state index contributed by atoms with van der Waals surface area (Å²) >= 11 is 0. The molecule has 0 fully saturated rings. The summed E-state index contributed by atoms with van der Waals surface area (Å²) in [5, 5.41) is 0. The summed E-state index contributed by atoms with van der Waals surface area (Å²) in [7, 11) is 0. The highest BCUT2D eigenvalue weighted by Gasteiger charge is 2.19. The molecule has 2 aliphatic rings. The van der Waals surface area contributed by atoms with Gasteiger partial charge in [-0.05, 0) is 56.0 Å². The third-order valence-corrected chi connectivity index (χ3v) is 5.11. The van der Waals surface area contributed by atoms with Gasteiger partial charge in [0.1, 0.15) is 0 Å². The molecule has 0 atom stereocenters. The number of hydrogen-bond acceptors (Lipinski definition) is 2. The van der Waals surface area contributed by atoms with Crippen LogP contribution in [0.2, 0.25) is 0 Å². The normalized spacial score (nSPS) is 14.1. The molecule has 2 aliphatic heterocycles. The summed E-state index contributed by atoms with van der Waals surface area (Å²) in [5.41, 5.74) is 5.80. The molecule has 0 radical (unpaired) electrons. The molecular formula is C27H42N2. The first kappa shape index (κ1) is 25.0. The van der Waals surface area contributed by atoms with Gasteiger partial charge in [-0.15, -0.1) is 0 Å². The molecule has 2 heterocycles. The lowest BCUT2D eigenvalue weighted by Crippen LogP contribution is -2.26. The smallest absolute Gasteiger partial charge is 0.0432 e. The fourth-order valence-corrected chi connectivity index (χ4v) is 3.35. The fourth-order valence-electron chi connectivity index (χ4n) is 3.35. The van der Waals surface area contributed by atoms with Crippen molar-refractivity contribution in [2.75, 3.05) is 0 Å². The number of benzene rings is 2. The van der Waals surface area contributed by atoms with Crippen molar-refractivity contribution >= 4 is 6.08 Å². The Labute approximate surface area is 180 Å². The molecular weight excluding hydrogens is 352 g/mol. The molecule has 160 valence electrons. The number of hydrogen-bond donors (Lipinski definition) is 0. The largest absolute Gasteiger partial charge is 0.371 e. The summed E-state index contributed by atoms with van der Waals surface area (Å²) in [4.78, 5) is 4.84. The average molecular weight is 395 g/mol. The van der Waals surface area contributed by atoms with Crippen molar-refractivity contribution < 1.29 is 0 Å². The molecule has 0 amide bonds. The van der Waals surface area contributed by atoms with Gasteiger partial charge in [0.25, 0.3) is 0 Å². The van der Waals surface area contributed by atoms with Gasteiger partial charge in [-0.25, -0.2) is 0 Å². The van der Waals surface area contributed by atoms with Gasteiger partial charge in [-0.2, -0.15) is 0 Å². The Balaban J connectivity index is 0.000000248. The quantitative estimate of drug-likeness (QED) is 0.525. The highest BCUT2D eigenvalue weighted by atomic mass is 15.2. The van der Waals surface area contributed by atoms with Crippen LogP contribution in [-0.2, 0) is 19.6 Å². The van der Waals surface area contributed by atoms with Gasteiger partial charge >= 0.3 is 0 Å². The summed E-state index contributed by atoms with van der Waals surface area (Å²) < 4.78 is 0. The standard InChI is InChI=1S/C12H15N.C11H15N.2C2H6/c1-10(2)13-8-7-11-5-3-4-6-12(11)9-13;1-9(2)12-7-10-5-3-4-6-11(10)8-12;2*1-2/h3-8,10H,9H2,1-2H3;3-6,9H,7-8H2,1-2H3;2*1-2H3. The van der Waals surface area contributed by atoms with E-state index in [-0.39, 0.29) is 0 Å². The van der Waals surface area contributed by atoms with E-state index in [2.05, 4.69) is 98.3 Å². The Morgan fingerprint density at radius 1 is 0.621 bits per heavy atom. The van der Waals surface area contributed by atoms with E-state index in [4.69, 9.17) is 0 Å². The number of fused-ring (bicyclic) bond motifs is 2. The zero-order valence-electron chi connectivity index (χ0n) is 19.9. The Hall–Kier alpha value is -2.06. The molecule has 0 N–H and O–H groups in total. The molecule has 0 aliphatic carbocycles. The van der Waals surface area contributed by atoms with E-state index in [1.165, 1.54) is 22.3 Å². The van der Waals surface area contributed by atoms with Crippen LogP contribution in [0.5, 0.6) is 0 Å². The maximum Gasteiger partial charge on any atom is 0.0432 e. The van der Waals surface area contributed by atoms with E-state index in [0.717, 1.165) is 19.6 Å². The van der Waals surface area contributed by atoms with Gasteiger partial charge < -0.3 is 4.90 Å². The van der Waals surface area contributed by atoms with Gasteiger partial charge in [-0.1, -0.05) is 76.2 Å². The molecule has 2 nitrogen and oxygen atoms in total. The van der Waals surface area contributed by atoms with Crippen LogP contribution in [0.25, 0.3) is 6.08 Å². The van der Waals surface area contributed by atoms with Crippen LogP contribution in [0, 0.1) is 0 Å². The summed E-state index contributed by atoms with van der Waals surface area (Å²) in [6.45, 7) is 20.3. The molecule has 2 aromatic carbocycles. The third kappa shape index (κ3) is 7.36. The molecule has 0 aromatic heterocycles. The molecule has 0 unspecified atom stereocenters. The monoisotopic (exact) mass is 394 g/mol. The number of nitrogens with zero attached hydrogens (tertiary/aromatic N) is 2. The van der Waals surface area contributed by atoms with Crippen LogP contribution in [0.4, 0.5) is 0 Å². The van der Waals surface area contributed by atoms with Crippen molar-refractivity contribution in [2.24, 2.45) is 0 Å². The lowest BCUT2D eigenvalue weighted by Gasteiger charge is -2.28. The van der Waals surface area contributed by atoms with Crippen molar-refractivity contribution in [1.29, 1.82) is 0 Å². The van der Waals surface area contributed by atoms with Crippen LogP contribution in [0.15, 0.2) is 54.7 Å². The third-order valence-electron chi connectivity index (χ3n) is 5.11. The second kappa shape index (κ2) is 13.2. The highest BCUT2D eigenvalue weighted by Crippen LogP contribution is 2.23. The molecule has 29 heavy (non-hydrogen) atoms. The fraction of sp³-hybridized carbons (Fsp3) is 0.481. The van der Waals surface area contributed by atoms with Crippen molar-refractivity contribution in [2.45, 2.75) is 87.1 Å². The zero-order chi connectivity index (χ0) is 21.8. The first-order valence-electron chi connectivity index (χ1n) is 11.4. The average Bonchev–Trinajstić information content (AvgIpc) is 3.21. The SMILES string of the molecule is CC.CC.CC(C)N1C=Cc2ccccc2C1.CC(C)N1Cc2ccccc2C1. The van der Waals surface area contributed by atoms with Crippen molar-refractivity contribution in [3.8, 4) is 0 Å². The van der Waals surface area contributed by atoms with Crippen LogP contribution in [0.1, 0.15) is 77.6 Å². The molecule has 2 heteroatoms. The van der Waals surface area contributed by atoms with Crippen LogP contribution >= 0.6 is 0 Å².